The lowest BCUT2D eigenvalue weighted by Gasteiger charge is -2.33. The van der Waals surface area contributed by atoms with Crippen LogP contribution in [0.15, 0.2) is 54.6 Å². The fourth-order valence-corrected chi connectivity index (χ4v) is 4.31. The summed E-state index contributed by atoms with van der Waals surface area (Å²) in [5.74, 6) is -0.0174. The number of nitrogens with one attached hydrogen (secondary N) is 1. The number of rotatable bonds is 7. The Kier molecular flexibility index (Phi) is 6.43. The third kappa shape index (κ3) is 4.76. The molecule has 32 heavy (non-hydrogen) atoms. The SMILES string of the molecule is CC1(c2ccc(F)cc2)NC(=O)N(CC(O)CN2CCC(Oc3ccccc3)CC2)C1=O. The van der Waals surface area contributed by atoms with Crippen LogP contribution in [0.3, 0.4) is 0 Å². The highest BCUT2D eigenvalue weighted by Gasteiger charge is 2.49. The van der Waals surface area contributed by atoms with E-state index in [1.807, 2.05) is 30.3 Å². The molecule has 2 heterocycles. The number of hydrogen-bond acceptors (Lipinski definition) is 5. The Labute approximate surface area is 186 Å². The Hall–Kier alpha value is -2.97. The topological polar surface area (TPSA) is 82.1 Å². The summed E-state index contributed by atoms with van der Waals surface area (Å²) in [5.41, 5.74) is -0.785. The van der Waals surface area contributed by atoms with Crippen LogP contribution in [0, 0.1) is 5.82 Å². The number of hydrogen-bond donors (Lipinski definition) is 2. The zero-order valence-corrected chi connectivity index (χ0v) is 18.0. The summed E-state index contributed by atoms with van der Waals surface area (Å²) in [6.07, 6.45) is 0.945. The van der Waals surface area contributed by atoms with Crippen LogP contribution < -0.4 is 10.1 Å². The highest BCUT2D eigenvalue weighted by molar-refractivity contribution is 6.07. The normalized spacial score (nSPS) is 23.3. The third-order valence-electron chi connectivity index (χ3n) is 6.14. The van der Waals surface area contributed by atoms with E-state index in [1.54, 1.807) is 6.92 Å². The Bertz CT molecular complexity index is 947. The van der Waals surface area contributed by atoms with E-state index in [-0.39, 0.29) is 12.6 Å². The number of amides is 3. The predicted molar refractivity (Wildman–Crippen MR) is 117 cm³/mol. The predicted octanol–water partition coefficient (Wildman–Crippen LogP) is 2.50. The maximum Gasteiger partial charge on any atom is 0.325 e. The van der Waals surface area contributed by atoms with Gasteiger partial charge in [-0.2, -0.15) is 0 Å². The van der Waals surface area contributed by atoms with Crippen LogP contribution in [-0.2, 0) is 10.3 Å². The molecule has 0 aromatic heterocycles. The van der Waals surface area contributed by atoms with Gasteiger partial charge in [-0.05, 0) is 49.6 Å². The minimum Gasteiger partial charge on any atom is -0.490 e. The van der Waals surface area contributed by atoms with Crippen molar-refractivity contribution < 1.29 is 23.8 Å². The fraction of sp³-hybridized carbons (Fsp3) is 0.417. The Morgan fingerprint density at radius 3 is 2.41 bits per heavy atom. The van der Waals surface area contributed by atoms with Crippen LogP contribution in [0.5, 0.6) is 5.75 Å². The van der Waals surface area contributed by atoms with Crippen molar-refractivity contribution >= 4 is 11.9 Å². The van der Waals surface area contributed by atoms with E-state index in [4.69, 9.17) is 4.74 Å². The van der Waals surface area contributed by atoms with Crippen LogP contribution >= 0.6 is 0 Å². The molecule has 0 bridgehead atoms. The van der Waals surface area contributed by atoms with Gasteiger partial charge in [0.1, 0.15) is 23.2 Å². The van der Waals surface area contributed by atoms with Gasteiger partial charge in [-0.1, -0.05) is 30.3 Å². The van der Waals surface area contributed by atoms with Crippen molar-refractivity contribution in [2.45, 2.75) is 37.5 Å². The highest BCUT2D eigenvalue weighted by atomic mass is 19.1. The first kappa shape index (κ1) is 22.2. The van der Waals surface area contributed by atoms with Gasteiger partial charge >= 0.3 is 6.03 Å². The molecule has 2 atom stereocenters. The molecule has 0 radical (unpaired) electrons. The number of nitrogens with zero attached hydrogens (tertiary/aromatic N) is 2. The van der Waals surface area contributed by atoms with Crippen LogP contribution in [0.1, 0.15) is 25.3 Å². The van der Waals surface area contributed by atoms with Crippen LogP contribution in [-0.4, -0.2) is 65.2 Å². The number of carbonyl (C=O) groups is 2. The Balaban J connectivity index is 1.29. The average Bonchev–Trinajstić information content (AvgIpc) is 3.00. The molecule has 2 unspecified atom stereocenters. The van der Waals surface area contributed by atoms with Crippen molar-refractivity contribution in [1.29, 1.82) is 0 Å². The van der Waals surface area contributed by atoms with Crippen LogP contribution in [0.4, 0.5) is 9.18 Å². The van der Waals surface area contributed by atoms with Gasteiger partial charge in [-0.25, -0.2) is 9.18 Å². The molecule has 0 saturated carbocycles. The number of carbonyl (C=O) groups excluding carboxylic acids is 2. The number of benzene rings is 2. The van der Waals surface area contributed by atoms with Crippen molar-refractivity contribution in [2.75, 3.05) is 26.2 Å². The molecule has 2 aromatic rings. The zero-order valence-electron chi connectivity index (χ0n) is 18.0. The van der Waals surface area contributed by atoms with Gasteiger partial charge in [0, 0.05) is 19.6 Å². The number of aliphatic hydroxyl groups excluding tert-OH is 1. The number of imide groups is 1. The summed E-state index contributed by atoms with van der Waals surface area (Å²) < 4.78 is 19.2. The first-order valence-corrected chi connectivity index (χ1v) is 10.9. The van der Waals surface area contributed by atoms with E-state index in [1.165, 1.54) is 24.3 Å². The van der Waals surface area contributed by atoms with E-state index >= 15 is 0 Å². The number of piperidine rings is 1. The number of halogens is 1. The fourth-order valence-electron chi connectivity index (χ4n) is 4.31. The van der Waals surface area contributed by atoms with E-state index in [9.17, 15) is 19.1 Å². The van der Waals surface area contributed by atoms with E-state index in [0.29, 0.717) is 12.1 Å². The van der Waals surface area contributed by atoms with E-state index < -0.39 is 29.4 Å². The monoisotopic (exact) mass is 441 g/mol. The lowest BCUT2D eigenvalue weighted by Crippen LogP contribution is -2.46. The van der Waals surface area contributed by atoms with Crippen molar-refractivity contribution in [3.8, 4) is 5.75 Å². The molecule has 0 aliphatic carbocycles. The molecule has 170 valence electrons. The molecule has 2 aromatic carbocycles. The van der Waals surface area contributed by atoms with Gasteiger partial charge in [0.05, 0.1) is 12.6 Å². The highest BCUT2D eigenvalue weighted by Crippen LogP contribution is 2.29. The molecule has 7 nitrogen and oxygen atoms in total. The van der Waals surface area contributed by atoms with E-state index in [0.717, 1.165) is 36.6 Å². The molecule has 2 saturated heterocycles. The number of aliphatic hydroxyl groups is 1. The largest absolute Gasteiger partial charge is 0.490 e. The standard InChI is InChI=1S/C24H28FN3O4/c1-24(17-7-9-18(25)10-8-17)22(30)28(23(31)26-24)16-19(29)15-27-13-11-21(12-14-27)32-20-5-3-2-4-6-20/h2-10,19,21,29H,11-16H2,1H3,(H,26,31). The summed E-state index contributed by atoms with van der Waals surface area (Å²) in [6, 6.07) is 14.6. The van der Waals surface area contributed by atoms with Crippen molar-refractivity contribution in [3.05, 3.63) is 66.0 Å². The van der Waals surface area contributed by atoms with Gasteiger partial charge in [-0.3, -0.25) is 9.69 Å². The summed E-state index contributed by atoms with van der Waals surface area (Å²) in [4.78, 5) is 28.6. The average molecular weight is 442 g/mol. The summed E-state index contributed by atoms with van der Waals surface area (Å²) in [6.45, 7) is 3.39. The number of para-hydroxylation sites is 1. The zero-order chi connectivity index (χ0) is 22.7. The lowest BCUT2D eigenvalue weighted by molar-refractivity contribution is -0.132. The van der Waals surface area contributed by atoms with Gasteiger partial charge in [0.15, 0.2) is 0 Å². The first-order valence-electron chi connectivity index (χ1n) is 10.9. The molecular formula is C24H28FN3O4. The van der Waals surface area contributed by atoms with Crippen LogP contribution in [0.2, 0.25) is 0 Å². The molecular weight excluding hydrogens is 413 g/mol. The summed E-state index contributed by atoms with van der Waals surface area (Å²) in [5, 5.41) is 13.3. The number of ether oxygens (including phenoxy) is 1. The Morgan fingerprint density at radius 1 is 1.09 bits per heavy atom. The second kappa shape index (κ2) is 9.26. The van der Waals surface area contributed by atoms with Crippen LogP contribution in [0.25, 0.3) is 0 Å². The quantitative estimate of drug-likeness (QED) is 0.646. The molecule has 3 amide bonds. The van der Waals surface area contributed by atoms with Gasteiger partial charge in [0.2, 0.25) is 0 Å². The number of β-amino-alcohol motifs (C(OH)–C–C–N with tert-alkyl or cyclic N) is 1. The molecule has 2 N–H and O–H groups in total. The molecule has 8 heteroatoms. The molecule has 2 aliphatic rings. The third-order valence-corrected chi connectivity index (χ3v) is 6.14. The van der Waals surface area contributed by atoms with E-state index in [2.05, 4.69) is 10.2 Å². The minimum absolute atomic E-state index is 0.0953. The molecule has 2 fully saturated rings. The number of likely N-dealkylation sites (tertiary alicyclic amines) is 1. The van der Waals surface area contributed by atoms with Crippen molar-refractivity contribution in [3.63, 3.8) is 0 Å². The first-order chi connectivity index (χ1) is 15.3. The summed E-state index contributed by atoms with van der Waals surface area (Å²) >= 11 is 0. The van der Waals surface area contributed by atoms with Crippen molar-refractivity contribution in [2.24, 2.45) is 0 Å². The van der Waals surface area contributed by atoms with Crippen molar-refractivity contribution in [1.82, 2.24) is 15.1 Å². The van der Waals surface area contributed by atoms with Gasteiger partial charge in [-0.15, -0.1) is 0 Å². The Morgan fingerprint density at radius 2 is 1.75 bits per heavy atom. The maximum absolute atomic E-state index is 13.2. The second-order valence-electron chi connectivity index (χ2n) is 8.56. The lowest BCUT2D eigenvalue weighted by atomic mass is 9.92. The molecule has 2 aliphatic heterocycles. The second-order valence-corrected chi connectivity index (χ2v) is 8.56. The van der Waals surface area contributed by atoms with Gasteiger partial charge < -0.3 is 20.1 Å². The van der Waals surface area contributed by atoms with Gasteiger partial charge in [0.25, 0.3) is 5.91 Å². The maximum atomic E-state index is 13.2. The number of urea groups is 1. The molecule has 0 spiro atoms. The molecule has 4 rings (SSSR count). The smallest absolute Gasteiger partial charge is 0.325 e. The minimum atomic E-state index is -1.28. The summed E-state index contributed by atoms with van der Waals surface area (Å²) in [7, 11) is 0.